The van der Waals surface area contributed by atoms with Gasteiger partial charge >= 0.3 is 0 Å². The molecule has 0 atom stereocenters. The van der Waals surface area contributed by atoms with E-state index in [4.69, 9.17) is 14.5 Å². The van der Waals surface area contributed by atoms with E-state index < -0.39 is 0 Å². The molecule has 0 aromatic carbocycles. The molecule has 1 saturated heterocycles. The maximum absolute atomic E-state index is 5.72. The number of guanidine groups is 1. The van der Waals surface area contributed by atoms with Crippen molar-refractivity contribution in [2.75, 3.05) is 40.0 Å². The molecular weight excluding hydrogens is 280 g/mol. The third-order valence-electron chi connectivity index (χ3n) is 4.04. The summed E-state index contributed by atoms with van der Waals surface area (Å²) < 4.78 is 13.3. The molecule has 1 aromatic heterocycles. The van der Waals surface area contributed by atoms with Crippen LogP contribution in [-0.4, -0.2) is 56.1 Å². The zero-order valence-corrected chi connectivity index (χ0v) is 13.7. The van der Waals surface area contributed by atoms with Crippen LogP contribution in [0.4, 0.5) is 0 Å². The van der Waals surface area contributed by atoms with E-state index in [1.165, 1.54) is 0 Å². The highest BCUT2D eigenvalue weighted by Crippen LogP contribution is 2.24. The first-order valence-electron chi connectivity index (χ1n) is 8.04. The van der Waals surface area contributed by atoms with Crippen LogP contribution in [0.25, 0.3) is 0 Å². The fourth-order valence-corrected chi connectivity index (χ4v) is 2.56. The summed E-state index contributed by atoms with van der Waals surface area (Å²) in [5.74, 6) is 0.845. The number of ether oxygens (including phenoxy) is 2. The maximum atomic E-state index is 5.72. The molecule has 0 aliphatic carbocycles. The molecule has 2 rings (SSSR count). The molecule has 1 aliphatic heterocycles. The topological polar surface area (TPSA) is 59.8 Å². The summed E-state index contributed by atoms with van der Waals surface area (Å²) in [6.07, 6.45) is 5.92. The number of nitrogens with zero attached hydrogens (tertiary/aromatic N) is 2. The first-order chi connectivity index (χ1) is 10.8. The number of hydrogen-bond acceptors (Lipinski definition) is 3. The van der Waals surface area contributed by atoms with Crippen molar-refractivity contribution in [2.45, 2.75) is 31.9 Å². The van der Waals surface area contributed by atoms with Gasteiger partial charge in [0.05, 0.1) is 12.1 Å². The van der Waals surface area contributed by atoms with Crippen LogP contribution in [0.5, 0.6) is 0 Å². The lowest BCUT2D eigenvalue weighted by Gasteiger charge is -2.34. The molecule has 0 unspecified atom stereocenters. The number of aromatic nitrogens is 1. The molecule has 0 radical (unpaired) electrons. The first-order valence-corrected chi connectivity index (χ1v) is 8.04. The molecule has 0 bridgehead atoms. The highest BCUT2D eigenvalue weighted by atomic mass is 16.5. The quantitative estimate of drug-likeness (QED) is 0.588. The van der Waals surface area contributed by atoms with Crippen LogP contribution in [-0.2, 0) is 16.0 Å². The smallest absolute Gasteiger partial charge is 0.191 e. The van der Waals surface area contributed by atoms with Gasteiger partial charge < -0.3 is 24.7 Å². The van der Waals surface area contributed by atoms with Crippen molar-refractivity contribution in [2.24, 2.45) is 4.99 Å². The van der Waals surface area contributed by atoms with E-state index in [0.29, 0.717) is 6.54 Å². The lowest BCUT2D eigenvalue weighted by Crippen LogP contribution is -2.44. The van der Waals surface area contributed by atoms with Gasteiger partial charge in [0, 0.05) is 65.2 Å². The molecule has 0 saturated carbocycles. The van der Waals surface area contributed by atoms with Crippen molar-refractivity contribution < 1.29 is 9.47 Å². The Morgan fingerprint density at radius 2 is 2.00 bits per heavy atom. The van der Waals surface area contributed by atoms with Crippen molar-refractivity contribution in [3.63, 3.8) is 0 Å². The lowest BCUT2D eigenvalue weighted by atomic mass is 9.94. The van der Waals surface area contributed by atoms with Crippen molar-refractivity contribution in [3.05, 3.63) is 24.5 Å². The summed E-state index contributed by atoms with van der Waals surface area (Å²) in [5.41, 5.74) is -0.180. The molecule has 2 heterocycles. The average Bonchev–Trinajstić information content (AvgIpc) is 3.07. The van der Waals surface area contributed by atoms with Gasteiger partial charge in [-0.2, -0.15) is 0 Å². The van der Waals surface area contributed by atoms with E-state index >= 15 is 0 Å². The Bertz CT molecular complexity index is 439. The molecule has 1 aliphatic rings. The Morgan fingerprint density at radius 3 is 2.64 bits per heavy atom. The van der Waals surface area contributed by atoms with Crippen LogP contribution >= 0.6 is 0 Å². The van der Waals surface area contributed by atoms with Gasteiger partial charge in [0.25, 0.3) is 0 Å². The van der Waals surface area contributed by atoms with Gasteiger partial charge in [0.1, 0.15) is 0 Å². The van der Waals surface area contributed by atoms with E-state index in [-0.39, 0.29) is 5.60 Å². The Kier molecular flexibility index (Phi) is 6.74. The third-order valence-corrected chi connectivity index (χ3v) is 4.04. The second-order valence-corrected chi connectivity index (χ2v) is 5.54. The van der Waals surface area contributed by atoms with Crippen molar-refractivity contribution >= 4 is 5.96 Å². The lowest BCUT2D eigenvalue weighted by molar-refractivity contribution is -0.0828. The maximum Gasteiger partial charge on any atom is 0.191 e. The molecular formula is C16H28N4O2. The summed E-state index contributed by atoms with van der Waals surface area (Å²) >= 11 is 0. The predicted molar refractivity (Wildman–Crippen MR) is 88.2 cm³/mol. The minimum atomic E-state index is -0.180. The van der Waals surface area contributed by atoms with Gasteiger partial charge in [-0.05, 0) is 19.1 Å². The molecule has 124 valence electrons. The van der Waals surface area contributed by atoms with Gasteiger partial charge in [-0.25, -0.2) is 0 Å². The molecule has 0 spiro atoms. The van der Waals surface area contributed by atoms with Gasteiger partial charge in [-0.15, -0.1) is 0 Å². The highest BCUT2D eigenvalue weighted by molar-refractivity contribution is 5.79. The number of rotatable bonds is 7. The summed E-state index contributed by atoms with van der Waals surface area (Å²) in [6, 6.07) is 4.07. The summed E-state index contributed by atoms with van der Waals surface area (Å²) in [5, 5.41) is 6.66. The fraction of sp³-hybridized carbons (Fsp3) is 0.688. The van der Waals surface area contributed by atoms with Crippen molar-refractivity contribution in [1.82, 2.24) is 15.2 Å². The van der Waals surface area contributed by atoms with Crippen LogP contribution < -0.4 is 10.6 Å². The summed E-state index contributed by atoms with van der Waals surface area (Å²) in [7, 11) is 1.77. The zero-order valence-electron chi connectivity index (χ0n) is 13.7. The molecule has 22 heavy (non-hydrogen) atoms. The number of hydrogen-bond donors (Lipinski definition) is 2. The molecule has 6 nitrogen and oxygen atoms in total. The predicted octanol–water partition coefficient (Wildman–Crippen LogP) is 1.24. The Hall–Kier alpha value is -1.53. The molecule has 6 heteroatoms. The second kappa shape index (κ2) is 8.80. The molecule has 0 amide bonds. The van der Waals surface area contributed by atoms with Gasteiger partial charge in [-0.1, -0.05) is 0 Å². The Labute approximate surface area is 132 Å². The fourth-order valence-electron chi connectivity index (χ4n) is 2.56. The van der Waals surface area contributed by atoms with Gasteiger partial charge in [0.2, 0.25) is 0 Å². The standard InChI is InChI=1S/C16H28N4O2/c1-3-17-15(18-8-11-20-9-4-5-10-20)19-14-16(21-2)6-12-22-13-7-16/h4-5,9-10H,3,6-8,11-14H2,1-2H3,(H2,17,18,19). The van der Waals surface area contributed by atoms with Crippen LogP contribution in [0, 0.1) is 0 Å². The van der Waals surface area contributed by atoms with Crippen LogP contribution in [0.2, 0.25) is 0 Å². The average molecular weight is 308 g/mol. The number of aliphatic imine (C=N–C) groups is 1. The second-order valence-electron chi connectivity index (χ2n) is 5.54. The summed E-state index contributed by atoms with van der Waals surface area (Å²) in [4.78, 5) is 4.70. The van der Waals surface area contributed by atoms with E-state index in [9.17, 15) is 0 Å². The van der Waals surface area contributed by atoms with Crippen molar-refractivity contribution in [1.29, 1.82) is 0 Å². The van der Waals surface area contributed by atoms with E-state index in [1.807, 2.05) is 12.1 Å². The highest BCUT2D eigenvalue weighted by Gasteiger charge is 2.32. The van der Waals surface area contributed by atoms with E-state index in [0.717, 1.165) is 51.6 Å². The third kappa shape index (κ3) is 5.03. The Balaban J connectivity index is 1.85. The monoisotopic (exact) mass is 308 g/mol. The number of methoxy groups -OCH3 is 1. The normalized spacial score (nSPS) is 18.2. The number of nitrogens with one attached hydrogen (secondary N) is 2. The zero-order chi connectivity index (χ0) is 15.7. The SMILES string of the molecule is CCNC(=NCC1(OC)CCOCC1)NCCn1cccc1. The molecule has 1 fully saturated rings. The van der Waals surface area contributed by atoms with Crippen LogP contribution in [0.1, 0.15) is 19.8 Å². The van der Waals surface area contributed by atoms with Crippen LogP contribution in [0.3, 0.4) is 0 Å². The van der Waals surface area contributed by atoms with Crippen molar-refractivity contribution in [3.8, 4) is 0 Å². The molecule has 2 N–H and O–H groups in total. The largest absolute Gasteiger partial charge is 0.381 e. The Morgan fingerprint density at radius 1 is 1.27 bits per heavy atom. The van der Waals surface area contributed by atoms with Crippen LogP contribution in [0.15, 0.2) is 29.5 Å². The molecule has 1 aromatic rings. The first kappa shape index (κ1) is 16.8. The minimum absolute atomic E-state index is 0.180. The minimum Gasteiger partial charge on any atom is -0.381 e. The summed E-state index contributed by atoms with van der Waals surface area (Å²) in [6.45, 7) is 6.83. The van der Waals surface area contributed by atoms with E-state index in [2.05, 4.69) is 34.5 Å². The van der Waals surface area contributed by atoms with Gasteiger partial charge in [0.15, 0.2) is 5.96 Å². The van der Waals surface area contributed by atoms with E-state index in [1.54, 1.807) is 7.11 Å². The van der Waals surface area contributed by atoms with Gasteiger partial charge in [-0.3, -0.25) is 4.99 Å².